The van der Waals surface area contributed by atoms with E-state index >= 15 is 0 Å². The zero-order chi connectivity index (χ0) is 12.5. The van der Waals surface area contributed by atoms with E-state index in [9.17, 15) is 0 Å². The van der Waals surface area contributed by atoms with Crippen molar-refractivity contribution in [1.29, 1.82) is 0 Å². The summed E-state index contributed by atoms with van der Waals surface area (Å²) in [5.41, 5.74) is 8.35. The van der Waals surface area contributed by atoms with Crippen LogP contribution in [0.4, 0.5) is 0 Å². The standard InChI is InChI=1S/C14H21ClN2/c1-14(2)5-6-17(10-14)9-12-4-3-11(8-16)7-13(12)15/h3-4,7H,5-6,8-10,16H2,1-2H3. The molecule has 0 radical (unpaired) electrons. The van der Waals surface area contributed by atoms with Crippen molar-refractivity contribution in [3.8, 4) is 0 Å². The van der Waals surface area contributed by atoms with Gasteiger partial charge in [0.25, 0.3) is 0 Å². The molecule has 0 amide bonds. The second-order valence-corrected chi connectivity index (χ2v) is 6.16. The van der Waals surface area contributed by atoms with Gasteiger partial charge in [-0.1, -0.05) is 37.6 Å². The van der Waals surface area contributed by atoms with Crippen molar-refractivity contribution in [2.75, 3.05) is 13.1 Å². The molecule has 2 N–H and O–H groups in total. The second kappa shape index (κ2) is 4.97. The Balaban J connectivity index is 2.04. The fraction of sp³-hybridized carbons (Fsp3) is 0.571. The summed E-state index contributed by atoms with van der Waals surface area (Å²) >= 11 is 6.28. The van der Waals surface area contributed by atoms with Gasteiger partial charge in [0.2, 0.25) is 0 Å². The first-order chi connectivity index (χ1) is 8.00. The topological polar surface area (TPSA) is 29.3 Å². The van der Waals surface area contributed by atoms with Gasteiger partial charge < -0.3 is 5.73 Å². The summed E-state index contributed by atoms with van der Waals surface area (Å²) in [6.07, 6.45) is 1.27. The third kappa shape index (κ3) is 3.21. The van der Waals surface area contributed by atoms with Crippen molar-refractivity contribution in [1.82, 2.24) is 4.90 Å². The molecule has 2 nitrogen and oxygen atoms in total. The fourth-order valence-corrected chi connectivity index (χ4v) is 2.71. The minimum Gasteiger partial charge on any atom is -0.326 e. The van der Waals surface area contributed by atoms with Crippen LogP contribution in [-0.4, -0.2) is 18.0 Å². The quantitative estimate of drug-likeness (QED) is 0.896. The predicted molar refractivity (Wildman–Crippen MR) is 73.0 cm³/mol. The van der Waals surface area contributed by atoms with Crippen LogP contribution < -0.4 is 5.73 Å². The molecule has 1 aromatic carbocycles. The predicted octanol–water partition coefficient (Wildman–Crippen LogP) is 3.03. The maximum absolute atomic E-state index is 6.28. The van der Waals surface area contributed by atoms with Crippen LogP contribution in [0.15, 0.2) is 18.2 Å². The smallest absolute Gasteiger partial charge is 0.0454 e. The van der Waals surface area contributed by atoms with Crippen molar-refractivity contribution >= 4 is 11.6 Å². The van der Waals surface area contributed by atoms with E-state index in [1.54, 1.807) is 0 Å². The molecule has 1 aromatic rings. The van der Waals surface area contributed by atoms with Gasteiger partial charge in [0.05, 0.1) is 0 Å². The first-order valence-electron chi connectivity index (χ1n) is 6.20. The molecule has 0 atom stereocenters. The molecule has 0 aromatic heterocycles. The Morgan fingerprint density at radius 2 is 2.18 bits per heavy atom. The van der Waals surface area contributed by atoms with E-state index in [0.717, 1.165) is 23.7 Å². The lowest BCUT2D eigenvalue weighted by Gasteiger charge is -2.20. The number of rotatable bonds is 3. The maximum Gasteiger partial charge on any atom is 0.0454 e. The lowest BCUT2D eigenvalue weighted by atomic mass is 9.93. The molecule has 1 saturated heterocycles. The number of nitrogens with two attached hydrogens (primary N) is 1. The molecule has 17 heavy (non-hydrogen) atoms. The number of nitrogens with zero attached hydrogens (tertiary/aromatic N) is 1. The molecule has 0 saturated carbocycles. The summed E-state index contributed by atoms with van der Waals surface area (Å²) in [5, 5.41) is 0.845. The average Bonchev–Trinajstić information content (AvgIpc) is 2.61. The normalized spacial score (nSPS) is 19.8. The molecule has 94 valence electrons. The van der Waals surface area contributed by atoms with Gasteiger partial charge >= 0.3 is 0 Å². The second-order valence-electron chi connectivity index (χ2n) is 5.75. The van der Waals surface area contributed by atoms with Crippen molar-refractivity contribution in [3.05, 3.63) is 34.3 Å². The van der Waals surface area contributed by atoms with Gasteiger partial charge in [0.1, 0.15) is 0 Å². The van der Waals surface area contributed by atoms with Gasteiger partial charge in [-0.3, -0.25) is 4.90 Å². The summed E-state index contributed by atoms with van der Waals surface area (Å²) in [5.74, 6) is 0. The van der Waals surface area contributed by atoms with Crippen LogP contribution in [0.2, 0.25) is 5.02 Å². The Morgan fingerprint density at radius 1 is 1.41 bits per heavy atom. The van der Waals surface area contributed by atoms with Crippen molar-refractivity contribution in [2.45, 2.75) is 33.4 Å². The summed E-state index contributed by atoms with van der Waals surface area (Å²) in [7, 11) is 0. The summed E-state index contributed by atoms with van der Waals surface area (Å²) in [6, 6.07) is 6.16. The van der Waals surface area contributed by atoms with Gasteiger partial charge in [-0.25, -0.2) is 0 Å². The molecule has 0 bridgehead atoms. The average molecular weight is 253 g/mol. The van der Waals surface area contributed by atoms with E-state index in [4.69, 9.17) is 17.3 Å². The van der Waals surface area contributed by atoms with Crippen LogP contribution in [0, 0.1) is 5.41 Å². The molecule has 2 rings (SSSR count). The fourth-order valence-electron chi connectivity index (χ4n) is 2.45. The molecule has 1 aliphatic rings. The van der Waals surface area contributed by atoms with Crippen molar-refractivity contribution in [2.24, 2.45) is 11.1 Å². The summed E-state index contributed by atoms with van der Waals surface area (Å²) in [6.45, 7) is 8.48. The van der Waals surface area contributed by atoms with E-state index in [1.165, 1.54) is 18.5 Å². The first kappa shape index (κ1) is 12.9. The highest BCUT2D eigenvalue weighted by atomic mass is 35.5. The van der Waals surface area contributed by atoms with Gasteiger partial charge in [0.15, 0.2) is 0 Å². The Morgan fingerprint density at radius 3 is 2.71 bits per heavy atom. The number of likely N-dealkylation sites (tertiary alicyclic amines) is 1. The first-order valence-corrected chi connectivity index (χ1v) is 6.58. The number of hydrogen-bond acceptors (Lipinski definition) is 2. The molecule has 1 heterocycles. The zero-order valence-electron chi connectivity index (χ0n) is 10.7. The van der Waals surface area contributed by atoms with Gasteiger partial charge in [0, 0.05) is 24.7 Å². The minimum atomic E-state index is 0.448. The highest BCUT2D eigenvalue weighted by Gasteiger charge is 2.29. The molecule has 0 unspecified atom stereocenters. The Hall–Kier alpha value is -0.570. The van der Waals surface area contributed by atoms with Gasteiger partial charge in [-0.2, -0.15) is 0 Å². The lowest BCUT2D eigenvalue weighted by molar-refractivity contribution is 0.284. The SMILES string of the molecule is CC1(C)CCN(Cc2ccc(CN)cc2Cl)C1. The van der Waals surface area contributed by atoms with Gasteiger partial charge in [-0.05, 0) is 35.6 Å². The van der Waals surface area contributed by atoms with Crippen LogP contribution >= 0.6 is 11.6 Å². The summed E-state index contributed by atoms with van der Waals surface area (Å²) < 4.78 is 0. The highest BCUT2D eigenvalue weighted by Crippen LogP contribution is 2.30. The Kier molecular flexibility index (Phi) is 3.76. The van der Waals surface area contributed by atoms with Crippen LogP contribution in [-0.2, 0) is 13.1 Å². The van der Waals surface area contributed by atoms with E-state index in [-0.39, 0.29) is 0 Å². The number of hydrogen-bond donors (Lipinski definition) is 1. The zero-order valence-corrected chi connectivity index (χ0v) is 11.4. The molecule has 0 spiro atoms. The summed E-state index contributed by atoms with van der Waals surface area (Å²) in [4.78, 5) is 2.48. The third-order valence-corrected chi connectivity index (χ3v) is 3.86. The van der Waals surface area contributed by atoms with Crippen molar-refractivity contribution < 1.29 is 0 Å². The number of halogens is 1. The van der Waals surface area contributed by atoms with Crippen molar-refractivity contribution in [3.63, 3.8) is 0 Å². The number of benzene rings is 1. The van der Waals surface area contributed by atoms with E-state index in [1.807, 2.05) is 6.07 Å². The van der Waals surface area contributed by atoms with Crippen LogP contribution in [0.3, 0.4) is 0 Å². The monoisotopic (exact) mass is 252 g/mol. The molecule has 3 heteroatoms. The molecule has 1 aliphatic heterocycles. The molecule has 0 aliphatic carbocycles. The van der Waals surface area contributed by atoms with Crippen LogP contribution in [0.5, 0.6) is 0 Å². The molecular formula is C14H21ClN2. The highest BCUT2D eigenvalue weighted by molar-refractivity contribution is 6.31. The Labute approximate surface area is 109 Å². The molecular weight excluding hydrogens is 232 g/mol. The molecule has 1 fully saturated rings. The Bertz CT molecular complexity index is 401. The minimum absolute atomic E-state index is 0.448. The lowest BCUT2D eigenvalue weighted by Crippen LogP contribution is -2.23. The van der Waals surface area contributed by atoms with E-state index in [0.29, 0.717) is 12.0 Å². The largest absolute Gasteiger partial charge is 0.326 e. The maximum atomic E-state index is 6.28. The van der Waals surface area contributed by atoms with E-state index < -0.39 is 0 Å². The van der Waals surface area contributed by atoms with Crippen LogP contribution in [0.25, 0.3) is 0 Å². The van der Waals surface area contributed by atoms with Gasteiger partial charge in [-0.15, -0.1) is 0 Å². The van der Waals surface area contributed by atoms with E-state index in [2.05, 4.69) is 30.9 Å². The van der Waals surface area contributed by atoms with Crippen LogP contribution in [0.1, 0.15) is 31.4 Å². The third-order valence-electron chi connectivity index (χ3n) is 3.50.